The minimum absolute atomic E-state index is 0.348. The molecule has 0 aliphatic carbocycles. The zero-order chi connectivity index (χ0) is 18.0. The van der Waals surface area contributed by atoms with E-state index in [1.54, 1.807) is 16.4 Å². The molecule has 0 saturated carbocycles. The lowest BCUT2D eigenvalue weighted by molar-refractivity contribution is 0.477. The van der Waals surface area contributed by atoms with Crippen molar-refractivity contribution < 1.29 is 8.42 Å². The molecule has 5 nitrogen and oxygen atoms in total. The monoisotopic (exact) mass is 385 g/mol. The number of thiazole rings is 1. The molecule has 1 aliphatic heterocycles. The number of benzene rings is 2. The molecule has 0 amide bonds. The number of nitrogens with one attached hydrogen (secondary N) is 1. The van der Waals surface area contributed by atoms with Gasteiger partial charge in [-0.2, -0.15) is 4.31 Å². The summed E-state index contributed by atoms with van der Waals surface area (Å²) in [5, 5.41) is 6.04. The number of rotatable bonds is 5. The summed E-state index contributed by atoms with van der Waals surface area (Å²) in [4.78, 5) is 4.94. The molecule has 1 aliphatic rings. The second-order valence-electron chi connectivity index (χ2n) is 6.16. The predicted octanol–water partition coefficient (Wildman–Crippen LogP) is 4.34. The van der Waals surface area contributed by atoms with Gasteiger partial charge in [-0.05, 0) is 37.1 Å². The molecule has 0 unspecified atom stereocenters. The highest BCUT2D eigenvalue weighted by molar-refractivity contribution is 7.89. The second-order valence-corrected chi connectivity index (χ2v) is 8.96. The maximum absolute atomic E-state index is 12.6. The standard InChI is InChI=1S/C19H19N3O2S2/c23-26(24,22-12-4-5-13-22)17-10-8-15(9-11-17)18-14-25-19(21-18)20-16-6-2-1-3-7-16/h1-3,6-11,14H,4-5,12-13H2,(H,20,21). The minimum atomic E-state index is -3.37. The lowest BCUT2D eigenvalue weighted by Gasteiger charge is -2.15. The summed E-state index contributed by atoms with van der Waals surface area (Å²) in [5.74, 6) is 0. The third-order valence-corrected chi connectivity index (χ3v) is 7.05. The average Bonchev–Trinajstić information content (AvgIpc) is 3.35. The molecule has 0 bridgehead atoms. The number of anilines is 2. The Labute approximate surface area is 157 Å². The molecule has 1 fully saturated rings. The molecule has 2 aromatic carbocycles. The molecule has 4 rings (SSSR count). The Balaban J connectivity index is 1.52. The Morgan fingerprint density at radius 1 is 0.962 bits per heavy atom. The molecule has 0 atom stereocenters. The summed E-state index contributed by atoms with van der Waals surface area (Å²) in [5.41, 5.74) is 2.72. The van der Waals surface area contributed by atoms with E-state index in [9.17, 15) is 8.42 Å². The number of para-hydroxylation sites is 1. The summed E-state index contributed by atoms with van der Waals surface area (Å²) in [7, 11) is -3.37. The summed E-state index contributed by atoms with van der Waals surface area (Å²) < 4.78 is 26.7. The fourth-order valence-electron chi connectivity index (χ4n) is 2.98. The summed E-state index contributed by atoms with van der Waals surface area (Å²) in [6.45, 7) is 1.23. The van der Waals surface area contributed by atoms with Gasteiger partial charge in [0.05, 0.1) is 10.6 Å². The third-order valence-electron chi connectivity index (χ3n) is 4.38. The van der Waals surface area contributed by atoms with Gasteiger partial charge < -0.3 is 5.32 Å². The van der Waals surface area contributed by atoms with E-state index < -0.39 is 10.0 Å². The molecule has 26 heavy (non-hydrogen) atoms. The number of hydrogen-bond acceptors (Lipinski definition) is 5. The molecule has 134 valence electrons. The van der Waals surface area contributed by atoms with Gasteiger partial charge in [-0.3, -0.25) is 0 Å². The maximum atomic E-state index is 12.6. The molecule has 3 aromatic rings. The van der Waals surface area contributed by atoms with Crippen molar-refractivity contribution in [3.8, 4) is 11.3 Å². The van der Waals surface area contributed by atoms with E-state index in [-0.39, 0.29) is 0 Å². The largest absolute Gasteiger partial charge is 0.332 e. The van der Waals surface area contributed by atoms with Crippen molar-refractivity contribution >= 4 is 32.2 Å². The van der Waals surface area contributed by atoms with Crippen molar-refractivity contribution in [3.05, 3.63) is 60.0 Å². The second kappa shape index (κ2) is 7.19. The van der Waals surface area contributed by atoms with Gasteiger partial charge in [-0.15, -0.1) is 11.3 Å². The highest BCUT2D eigenvalue weighted by Crippen LogP contribution is 2.28. The van der Waals surface area contributed by atoms with E-state index in [2.05, 4.69) is 10.3 Å². The summed E-state index contributed by atoms with van der Waals surface area (Å²) >= 11 is 1.52. The van der Waals surface area contributed by atoms with Crippen molar-refractivity contribution in [2.24, 2.45) is 0 Å². The van der Waals surface area contributed by atoms with E-state index in [1.165, 1.54) is 11.3 Å². The SMILES string of the molecule is O=S(=O)(c1ccc(-c2csc(Nc3ccccc3)n2)cc1)N1CCCC1. The van der Waals surface area contributed by atoms with Gasteiger partial charge in [0.2, 0.25) is 10.0 Å². The van der Waals surface area contributed by atoms with Gasteiger partial charge in [0.25, 0.3) is 0 Å². The van der Waals surface area contributed by atoms with Crippen LogP contribution in [0.1, 0.15) is 12.8 Å². The van der Waals surface area contributed by atoms with Crippen LogP contribution in [0.4, 0.5) is 10.8 Å². The highest BCUT2D eigenvalue weighted by Gasteiger charge is 2.26. The number of aromatic nitrogens is 1. The zero-order valence-corrected chi connectivity index (χ0v) is 15.8. The summed E-state index contributed by atoms with van der Waals surface area (Å²) in [6.07, 6.45) is 1.88. The Morgan fingerprint density at radius 2 is 1.65 bits per heavy atom. The van der Waals surface area contributed by atoms with E-state index in [0.29, 0.717) is 18.0 Å². The van der Waals surface area contributed by atoms with E-state index in [0.717, 1.165) is 34.9 Å². The predicted molar refractivity (Wildman–Crippen MR) is 105 cm³/mol. The molecule has 7 heteroatoms. The van der Waals surface area contributed by atoms with Crippen LogP contribution in [0.3, 0.4) is 0 Å². The van der Waals surface area contributed by atoms with Crippen LogP contribution < -0.4 is 5.32 Å². The topological polar surface area (TPSA) is 62.3 Å². The van der Waals surface area contributed by atoms with Gasteiger partial charge in [-0.1, -0.05) is 30.3 Å². The Morgan fingerprint density at radius 3 is 2.35 bits per heavy atom. The average molecular weight is 386 g/mol. The van der Waals surface area contributed by atoms with Gasteiger partial charge in [0.1, 0.15) is 0 Å². The van der Waals surface area contributed by atoms with Gasteiger partial charge in [0, 0.05) is 29.7 Å². The number of sulfonamides is 1. The lowest BCUT2D eigenvalue weighted by atomic mass is 10.2. The molecule has 1 saturated heterocycles. The molecule has 1 aromatic heterocycles. The molecular formula is C19H19N3O2S2. The normalized spacial score (nSPS) is 15.2. The Hall–Kier alpha value is -2.22. The molecule has 2 heterocycles. The van der Waals surface area contributed by atoms with Gasteiger partial charge >= 0.3 is 0 Å². The van der Waals surface area contributed by atoms with Crippen LogP contribution in [-0.2, 0) is 10.0 Å². The smallest absolute Gasteiger partial charge is 0.243 e. The summed E-state index contributed by atoms with van der Waals surface area (Å²) in [6, 6.07) is 16.9. The van der Waals surface area contributed by atoms with Gasteiger partial charge in [0.15, 0.2) is 5.13 Å². The third kappa shape index (κ3) is 3.51. The van der Waals surface area contributed by atoms with Crippen LogP contribution in [0.25, 0.3) is 11.3 Å². The van der Waals surface area contributed by atoms with Crippen molar-refractivity contribution in [1.82, 2.24) is 9.29 Å². The van der Waals surface area contributed by atoms with E-state index >= 15 is 0 Å². The van der Waals surface area contributed by atoms with E-state index in [1.807, 2.05) is 47.8 Å². The first-order chi connectivity index (χ1) is 12.6. The van der Waals surface area contributed by atoms with Crippen molar-refractivity contribution in [1.29, 1.82) is 0 Å². The highest BCUT2D eigenvalue weighted by atomic mass is 32.2. The van der Waals surface area contributed by atoms with Crippen molar-refractivity contribution in [3.63, 3.8) is 0 Å². The lowest BCUT2D eigenvalue weighted by Crippen LogP contribution is -2.27. The first kappa shape index (κ1) is 17.2. The van der Waals surface area contributed by atoms with Crippen LogP contribution in [0.5, 0.6) is 0 Å². The molecule has 0 spiro atoms. The molecular weight excluding hydrogens is 366 g/mol. The van der Waals surface area contributed by atoms with Crippen LogP contribution >= 0.6 is 11.3 Å². The van der Waals surface area contributed by atoms with Crippen LogP contribution in [0.15, 0.2) is 64.9 Å². The number of hydrogen-bond donors (Lipinski definition) is 1. The first-order valence-corrected chi connectivity index (χ1v) is 10.8. The van der Waals surface area contributed by atoms with E-state index in [4.69, 9.17) is 0 Å². The van der Waals surface area contributed by atoms with Crippen LogP contribution in [0, 0.1) is 0 Å². The van der Waals surface area contributed by atoms with Crippen LogP contribution in [-0.4, -0.2) is 30.8 Å². The van der Waals surface area contributed by atoms with Crippen molar-refractivity contribution in [2.75, 3.05) is 18.4 Å². The first-order valence-electron chi connectivity index (χ1n) is 8.51. The fourth-order valence-corrected chi connectivity index (χ4v) is 5.24. The van der Waals surface area contributed by atoms with Crippen molar-refractivity contribution in [2.45, 2.75) is 17.7 Å². The Kier molecular flexibility index (Phi) is 4.76. The minimum Gasteiger partial charge on any atom is -0.332 e. The van der Waals surface area contributed by atoms with Gasteiger partial charge in [-0.25, -0.2) is 13.4 Å². The Bertz CT molecular complexity index is 977. The number of nitrogens with zero attached hydrogens (tertiary/aromatic N) is 2. The maximum Gasteiger partial charge on any atom is 0.243 e. The molecule has 1 N–H and O–H groups in total. The van der Waals surface area contributed by atoms with Crippen LogP contribution in [0.2, 0.25) is 0 Å². The zero-order valence-electron chi connectivity index (χ0n) is 14.1. The molecule has 0 radical (unpaired) electrons. The fraction of sp³-hybridized carbons (Fsp3) is 0.211. The quantitative estimate of drug-likeness (QED) is 0.710.